The lowest BCUT2D eigenvalue weighted by Gasteiger charge is -2.26. The summed E-state index contributed by atoms with van der Waals surface area (Å²) >= 11 is 0. The van der Waals surface area contributed by atoms with Crippen LogP contribution in [0.3, 0.4) is 0 Å². The van der Waals surface area contributed by atoms with Gasteiger partial charge in [0.25, 0.3) is 0 Å². The quantitative estimate of drug-likeness (QED) is 0.448. The van der Waals surface area contributed by atoms with Crippen LogP contribution in [0, 0.1) is 5.92 Å². The molecule has 92 valence electrons. The molecule has 0 spiro atoms. The van der Waals surface area contributed by atoms with Gasteiger partial charge in [0.1, 0.15) is 5.60 Å². The SMILES string of the molecule is CC[C@H]1C=C[C@H](N(O)C(=O)OC(C)(C)C)C1. The van der Waals surface area contributed by atoms with Crippen LogP contribution in [0.4, 0.5) is 4.79 Å². The molecule has 1 rings (SSSR count). The molecular formula is C12H21NO3. The molecule has 2 atom stereocenters. The summed E-state index contributed by atoms with van der Waals surface area (Å²) in [6.07, 6.45) is 5.01. The van der Waals surface area contributed by atoms with E-state index in [0.717, 1.165) is 12.8 Å². The third-order valence-corrected chi connectivity index (χ3v) is 2.57. The van der Waals surface area contributed by atoms with Crippen molar-refractivity contribution in [2.75, 3.05) is 0 Å². The molecule has 1 N–H and O–H groups in total. The molecule has 4 heteroatoms. The molecule has 0 aliphatic heterocycles. The zero-order chi connectivity index (χ0) is 12.3. The van der Waals surface area contributed by atoms with Crippen LogP contribution < -0.4 is 0 Å². The van der Waals surface area contributed by atoms with Crippen LogP contribution in [0.5, 0.6) is 0 Å². The van der Waals surface area contributed by atoms with Crippen molar-refractivity contribution in [3.05, 3.63) is 12.2 Å². The van der Waals surface area contributed by atoms with Gasteiger partial charge < -0.3 is 4.74 Å². The molecule has 0 unspecified atom stereocenters. The van der Waals surface area contributed by atoms with Crippen molar-refractivity contribution in [2.24, 2.45) is 5.92 Å². The van der Waals surface area contributed by atoms with Gasteiger partial charge in [-0.3, -0.25) is 5.21 Å². The largest absolute Gasteiger partial charge is 0.442 e. The van der Waals surface area contributed by atoms with Crippen molar-refractivity contribution in [1.82, 2.24) is 5.06 Å². The summed E-state index contributed by atoms with van der Waals surface area (Å²) in [7, 11) is 0. The summed E-state index contributed by atoms with van der Waals surface area (Å²) in [6.45, 7) is 7.42. The zero-order valence-electron chi connectivity index (χ0n) is 10.4. The van der Waals surface area contributed by atoms with Crippen LogP contribution in [-0.2, 0) is 4.74 Å². The third-order valence-electron chi connectivity index (χ3n) is 2.57. The van der Waals surface area contributed by atoms with Crippen molar-refractivity contribution in [1.29, 1.82) is 0 Å². The van der Waals surface area contributed by atoms with Crippen LogP contribution in [0.1, 0.15) is 40.5 Å². The lowest BCUT2D eigenvalue weighted by molar-refractivity contribution is -0.111. The number of allylic oxidation sites excluding steroid dienone is 1. The van der Waals surface area contributed by atoms with Crippen molar-refractivity contribution >= 4 is 6.09 Å². The third kappa shape index (κ3) is 3.52. The average Bonchev–Trinajstić information content (AvgIpc) is 2.61. The van der Waals surface area contributed by atoms with E-state index in [4.69, 9.17) is 4.74 Å². The molecule has 0 heterocycles. The topological polar surface area (TPSA) is 49.8 Å². The lowest BCUT2D eigenvalue weighted by atomic mass is 10.1. The number of nitrogens with zero attached hydrogens (tertiary/aromatic N) is 1. The monoisotopic (exact) mass is 227 g/mol. The predicted molar refractivity (Wildman–Crippen MR) is 61.2 cm³/mol. The molecule has 0 radical (unpaired) electrons. The Morgan fingerprint density at radius 1 is 1.50 bits per heavy atom. The van der Waals surface area contributed by atoms with Gasteiger partial charge in [-0.1, -0.05) is 19.1 Å². The van der Waals surface area contributed by atoms with Gasteiger partial charge in [-0.05, 0) is 39.5 Å². The minimum Gasteiger partial charge on any atom is -0.442 e. The van der Waals surface area contributed by atoms with Crippen LogP contribution >= 0.6 is 0 Å². The van der Waals surface area contributed by atoms with Gasteiger partial charge in [-0.25, -0.2) is 4.79 Å². The molecule has 0 fully saturated rings. The Morgan fingerprint density at radius 3 is 2.56 bits per heavy atom. The molecule has 0 aromatic heterocycles. The Kier molecular flexibility index (Phi) is 3.97. The van der Waals surface area contributed by atoms with E-state index in [1.165, 1.54) is 0 Å². The highest BCUT2D eigenvalue weighted by Gasteiger charge is 2.29. The van der Waals surface area contributed by atoms with E-state index in [1.54, 1.807) is 20.8 Å². The first-order valence-electron chi connectivity index (χ1n) is 5.73. The predicted octanol–water partition coefficient (Wildman–Crippen LogP) is 2.97. The molecule has 0 saturated heterocycles. The van der Waals surface area contributed by atoms with Gasteiger partial charge in [-0.2, -0.15) is 5.06 Å². The first-order valence-corrected chi connectivity index (χ1v) is 5.73. The molecule has 1 amide bonds. The van der Waals surface area contributed by atoms with E-state index in [0.29, 0.717) is 11.0 Å². The van der Waals surface area contributed by atoms with Crippen LogP contribution in [0.25, 0.3) is 0 Å². The highest BCUT2D eigenvalue weighted by atomic mass is 16.6. The number of hydroxylamine groups is 2. The second kappa shape index (κ2) is 4.87. The first kappa shape index (κ1) is 13.0. The summed E-state index contributed by atoms with van der Waals surface area (Å²) < 4.78 is 5.08. The summed E-state index contributed by atoms with van der Waals surface area (Å²) in [4.78, 5) is 11.6. The summed E-state index contributed by atoms with van der Waals surface area (Å²) in [6, 6.07) is -0.250. The fourth-order valence-corrected chi connectivity index (χ4v) is 1.68. The number of carbonyl (C=O) groups excluding carboxylic acids is 1. The van der Waals surface area contributed by atoms with E-state index in [-0.39, 0.29) is 6.04 Å². The molecule has 0 aromatic carbocycles. The highest BCUT2D eigenvalue weighted by Crippen LogP contribution is 2.24. The van der Waals surface area contributed by atoms with E-state index >= 15 is 0 Å². The van der Waals surface area contributed by atoms with Gasteiger partial charge in [-0.15, -0.1) is 0 Å². The maximum atomic E-state index is 11.6. The maximum absolute atomic E-state index is 11.6. The van der Waals surface area contributed by atoms with Crippen LogP contribution in [0.2, 0.25) is 0 Å². The molecule has 16 heavy (non-hydrogen) atoms. The number of ether oxygens (including phenoxy) is 1. The average molecular weight is 227 g/mol. The van der Waals surface area contributed by atoms with Gasteiger partial charge in [0.15, 0.2) is 0 Å². The number of amides is 1. The zero-order valence-corrected chi connectivity index (χ0v) is 10.4. The van der Waals surface area contributed by atoms with Crippen molar-refractivity contribution in [3.8, 4) is 0 Å². The Morgan fingerprint density at radius 2 is 2.12 bits per heavy atom. The maximum Gasteiger partial charge on any atom is 0.434 e. The minimum absolute atomic E-state index is 0.250. The summed E-state index contributed by atoms with van der Waals surface area (Å²) in [5.74, 6) is 0.446. The van der Waals surface area contributed by atoms with Crippen LogP contribution in [-0.4, -0.2) is 28.0 Å². The highest BCUT2D eigenvalue weighted by molar-refractivity contribution is 5.67. The van der Waals surface area contributed by atoms with Crippen molar-refractivity contribution in [3.63, 3.8) is 0 Å². The van der Waals surface area contributed by atoms with Gasteiger partial charge in [0.05, 0.1) is 6.04 Å². The number of carbonyl (C=O) groups is 1. The minimum atomic E-state index is -0.682. The van der Waals surface area contributed by atoms with E-state index in [1.807, 2.05) is 12.2 Å². The molecule has 0 aromatic rings. The molecule has 1 aliphatic rings. The van der Waals surface area contributed by atoms with Gasteiger partial charge >= 0.3 is 6.09 Å². The first-order chi connectivity index (χ1) is 7.33. The fourth-order valence-electron chi connectivity index (χ4n) is 1.68. The number of hydrogen-bond acceptors (Lipinski definition) is 3. The van der Waals surface area contributed by atoms with Crippen molar-refractivity contribution in [2.45, 2.75) is 52.2 Å². The van der Waals surface area contributed by atoms with Gasteiger partial charge in [0.2, 0.25) is 0 Å². The summed E-state index contributed by atoms with van der Waals surface area (Å²) in [5.41, 5.74) is -0.579. The Balaban J connectivity index is 2.50. The van der Waals surface area contributed by atoms with E-state index in [9.17, 15) is 10.0 Å². The lowest BCUT2D eigenvalue weighted by Crippen LogP contribution is -2.39. The van der Waals surface area contributed by atoms with E-state index < -0.39 is 11.7 Å². The molecular weight excluding hydrogens is 206 g/mol. The standard InChI is InChI=1S/C12H21NO3/c1-5-9-6-7-10(8-9)13(15)11(14)16-12(2,3)4/h6-7,9-10,15H,5,8H2,1-4H3/t9-,10-/m0/s1. The Labute approximate surface area is 96.8 Å². The van der Waals surface area contributed by atoms with Crippen LogP contribution in [0.15, 0.2) is 12.2 Å². The molecule has 0 saturated carbocycles. The Hall–Kier alpha value is -1.03. The van der Waals surface area contributed by atoms with Gasteiger partial charge in [0, 0.05) is 0 Å². The van der Waals surface area contributed by atoms with Crippen molar-refractivity contribution < 1.29 is 14.7 Å². The number of hydrogen-bond donors (Lipinski definition) is 1. The fraction of sp³-hybridized carbons (Fsp3) is 0.750. The summed E-state index contributed by atoms with van der Waals surface area (Å²) in [5, 5.41) is 10.4. The smallest absolute Gasteiger partial charge is 0.434 e. The second-order valence-corrected chi connectivity index (χ2v) is 5.18. The molecule has 1 aliphatic carbocycles. The molecule has 0 bridgehead atoms. The number of rotatable bonds is 2. The second-order valence-electron chi connectivity index (χ2n) is 5.18. The molecule has 4 nitrogen and oxygen atoms in total. The normalized spacial score (nSPS) is 24.6. The Bertz CT molecular complexity index is 280. The van der Waals surface area contributed by atoms with E-state index in [2.05, 4.69) is 6.92 Å².